The van der Waals surface area contributed by atoms with Gasteiger partial charge in [0, 0.05) is 26.6 Å². The smallest absolute Gasteiger partial charge is 0.133 e. The highest BCUT2D eigenvalue weighted by atomic mass is 32.2. The van der Waals surface area contributed by atoms with Gasteiger partial charge in [0.2, 0.25) is 0 Å². The van der Waals surface area contributed by atoms with Crippen LogP contribution in [0.3, 0.4) is 0 Å². The van der Waals surface area contributed by atoms with Crippen molar-refractivity contribution in [3.8, 4) is 22.3 Å². The maximum absolute atomic E-state index is 2.57. The monoisotopic (exact) mass is 823 g/mol. The van der Waals surface area contributed by atoms with E-state index in [9.17, 15) is 0 Å². The summed E-state index contributed by atoms with van der Waals surface area (Å²) in [5, 5.41) is 6.85. The Morgan fingerprint density at radius 3 is 1.68 bits per heavy atom. The molecule has 0 saturated carbocycles. The molecule has 0 N–H and O–H groups in total. The van der Waals surface area contributed by atoms with Crippen LogP contribution in [0.2, 0.25) is 0 Å². The maximum Gasteiger partial charge on any atom is 0.133 e. The van der Waals surface area contributed by atoms with Crippen LogP contribution >= 0.6 is 11.8 Å². The predicted molar refractivity (Wildman–Crippen MR) is 264 cm³/mol. The third kappa shape index (κ3) is 5.84. The van der Waals surface area contributed by atoms with Crippen LogP contribution in [0, 0.1) is 0 Å². The molecule has 1 unspecified atom stereocenters. The van der Waals surface area contributed by atoms with E-state index in [2.05, 4.69) is 248 Å². The third-order valence-electron chi connectivity index (χ3n) is 13.1. The zero-order chi connectivity index (χ0) is 41.0. The summed E-state index contributed by atoms with van der Waals surface area (Å²) in [5.74, 6) is 0. The molecule has 292 valence electrons. The lowest BCUT2D eigenvalue weighted by Gasteiger charge is -2.48. The minimum atomic E-state index is -1.96. The van der Waals surface area contributed by atoms with Gasteiger partial charge in [0.05, 0.1) is 11.1 Å². The van der Waals surface area contributed by atoms with E-state index < -0.39 is 14.2 Å². The van der Waals surface area contributed by atoms with Gasteiger partial charge in [-0.15, -0.1) is 0 Å². The molecule has 0 radical (unpaired) electrons. The van der Waals surface area contributed by atoms with Crippen molar-refractivity contribution >= 4 is 64.0 Å². The predicted octanol–water partition coefficient (Wildman–Crippen LogP) is 13.1. The van der Waals surface area contributed by atoms with Crippen LogP contribution in [0.25, 0.3) is 33.0 Å². The number of rotatable bonds is 6. The Hall–Kier alpha value is -7.17. The molecule has 10 aromatic carbocycles. The Labute approximate surface area is 369 Å². The van der Waals surface area contributed by atoms with Crippen LogP contribution in [0.1, 0.15) is 22.3 Å². The molecule has 2 heterocycles. The molecule has 10 aromatic rings. The summed E-state index contributed by atoms with van der Waals surface area (Å²) in [6.07, 6.45) is 0. The van der Waals surface area contributed by atoms with Gasteiger partial charge in [0.25, 0.3) is 0 Å². The van der Waals surface area contributed by atoms with Crippen molar-refractivity contribution in [3.63, 3.8) is 0 Å². The van der Waals surface area contributed by atoms with Gasteiger partial charge in [-0.2, -0.15) is 0 Å². The molecule has 0 fully saturated rings. The molecule has 0 aromatic heterocycles. The average molecular weight is 824 g/mol. The molecule has 0 saturated heterocycles. The van der Waals surface area contributed by atoms with E-state index in [4.69, 9.17) is 0 Å². The standard InChI is InChI=1S/C59H41NSSi/c1-3-17-41(18-4-1)42-33-36-46(37-34-42)60(54-29-16-20-43-19-7-8-25-49(43)54)47-22-15-21-44(39-47)45-35-38-53-58(40-45)62(48-23-5-2-6-24-48)57-32-14-11-28-52(57)59(53)50-26-9-12-30-55(50)61-56-31-13-10-27-51(56)59/h1-40,62H. The first-order valence-corrected chi connectivity index (χ1v) is 24.0. The highest BCUT2D eigenvalue weighted by molar-refractivity contribution is 7.99. The number of fused-ring (bicyclic) bond motifs is 9. The second-order valence-electron chi connectivity index (χ2n) is 16.4. The Balaban J connectivity index is 1.07. The maximum atomic E-state index is 2.57. The lowest BCUT2D eigenvalue weighted by atomic mass is 9.64. The van der Waals surface area contributed by atoms with Crippen molar-refractivity contribution in [2.24, 2.45) is 0 Å². The number of anilines is 3. The Morgan fingerprint density at radius 2 is 0.903 bits per heavy atom. The molecule has 2 aliphatic rings. The molecular weight excluding hydrogens is 783 g/mol. The molecular formula is C59H41NSSi. The Morgan fingerprint density at radius 1 is 0.355 bits per heavy atom. The second-order valence-corrected chi connectivity index (χ2v) is 20.2. The molecule has 1 atom stereocenters. The van der Waals surface area contributed by atoms with Crippen molar-refractivity contribution in [1.82, 2.24) is 0 Å². The van der Waals surface area contributed by atoms with Gasteiger partial charge in [-0.3, -0.25) is 0 Å². The average Bonchev–Trinajstić information content (AvgIpc) is 3.35. The van der Waals surface area contributed by atoms with E-state index in [0.717, 1.165) is 17.1 Å². The van der Waals surface area contributed by atoms with Crippen LogP contribution in [0.5, 0.6) is 0 Å². The fraction of sp³-hybridized carbons (Fsp3) is 0.0169. The quantitative estimate of drug-likeness (QED) is 0.154. The summed E-state index contributed by atoms with van der Waals surface area (Å²) in [6.45, 7) is 0. The van der Waals surface area contributed by atoms with Crippen LogP contribution in [0.15, 0.2) is 252 Å². The van der Waals surface area contributed by atoms with Crippen LogP contribution in [-0.4, -0.2) is 8.80 Å². The van der Waals surface area contributed by atoms with Gasteiger partial charge in [-0.1, -0.05) is 217 Å². The van der Waals surface area contributed by atoms with Crippen LogP contribution in [-0.2, 0) is 5.41 Å². The number of hydrogen-bond donors (Lipinski definition) is 0. The SMILES string of the molecule is c1ccc(-c2ccc(N(c3cccc(-c4ccc5c(c4)[SiH](c4ccccc4)c4ccccc4C54c5ccccc5Sc5ccccc54)c3)c3cccc4ccccc34)cc2)cc1. The molecule has 0 bridgehead atoms. The summed E-state index contributed by atoms with van der Waals surface area (Å²) in [4.78, 5) is 5.09. The first kappa shape index (κ1) is 36.7. The normalized spacial score (nSPS) is 14.4. The van der Waals surface area contributed by atoms with Crippen LogP contribution < -0.4 is 20.5 Å². The van der Waals surface area contributed by atoms with Gasteiger partial charge < -0.3 is 4.90 Å². The zero-order valence-corrected chi connectivity index (χ0v) is 36.0. The minimum Gasteiger partial charge on any atom is -0.310 e. The van der Waals surface area contributed by atoms with Gasteiger partial charge in [-0.05, 0) is 103 Å². The molecule has 0 aliphatic carbocycles. The summed E-state index contributed by atoms with van der Waals surface area (Å²) >= 11 is 1.90. The van der Waals surface area contributed by atoms with E-state index in [0.29, 0.717) is 0 Å². The third-order valence-corrected chi connectivity index (χ3v) is 17.5. The van der Waals surface area contributed by atoms with Crippen molar-refractivity contribution in [2.75, 3.05) is 4.90 Å². The zero-order valence-electron chi connectivity index (χ0n) is 34.0. The summed E-state index contributed by atoms with van der Waals surface area (Å²) in [6, 6.07) is 90.6. The van der Waals surface area contributed by atoms with Gasteiger partial charge in [0.1, 0.15) is 8.80 Å². The van der Waals surface area contributed by atoms with Gasteiger partial charge in [0.15, 0.2) is 0 Å². The molecule has 3 heteroatoms. The summed E-state index contributed by atoms with van der Waals surface area (Å²) in [7, 11) is -1.96. The highest BCUT2D eigenvalue weighted by Crippen LogP contribution is 2.56. The number of hydrogen-bond acceptors (Lipinski definition) is 2. The Bertz CT molecular complexity index is 3240. The number of benzene rings is 10. The van der Waals surface area contributed by atoms with Crippen molar-refractivity contribution in [2.45, 2.75) is 15.2 Å². The lowest BCUT2D eigenvalue weighted by Crippen LogP contribution is -2.62. The molecule has 12 rings (SSSR count). The molecule has 1 spiro atoms. The van der Waals surface area contributed by atoms with E-state index in [1.165, 1.54) is 80.6 Å². The molecule has 1 nitrogen and oxygen atoms in total. The second kappa shape index (κ2) is 15.1. The highest BCUT2D eigenvalue weighted by Gasteiger charge is 2.50. The largest absolute Gasteiger partial charge is 0.310 e. The lowest BCUT2D eigenvalue weighted by molar-refractivity contribution is 0.708. The van der Waals surface area contributed by atoms with Gasteiger partial charge in [-0.25, -0.2) is 0 Å². The summed E-state index contributed by atoms with van der Waals surface area (Å²) < 4.78 is 0. The van der Waals surface area contributed by atoms with E-state index in [-0.39, 0.29) is 0 Å². The molecule has 2 aliphatic heterocycles. The molecule has 0 amide bonds. The van der Waals surface area contributed by atoms with Crippen molar-refractivity contribution < 1.29 is 0 Å². The Kier molecular flexibility index (Phi) is 8.91. The van der Waals surface area contributed by atoms with E-state index >= 15 is 0 Å². The van der Waals surface area contributed by atoms with Crippen molar-refractivity contribution in [1.29, 1.82) is 0 Å². The summed E-state index contributed by atoms with van der Waals surface area (Å²) in [5.41, 5.74) is 13.4. The first-order valence-electron chi connectivity index (χ1n) is 21.5. The topological polar surface area (TPSA) is 3.24 Å². The first-order chi connectivity index (χ1) is 30.8. The minimum absolute atomic E-state index is 0.444. The fourth-order valence-electron chi connectivity index (χ4n) is 10.4. The molecule has 62 heavy (non-hydrogen) atoms. The van der Waals surface area contributed by atoms with Crippen molar-refractivity contribution in [3.05, 3.63) is 265 Å². The van der Waals surface area contributed by atoms with E-state index in [1.807, 2.05) is 11.8 Å². The van der Waals surface area contributed by atoms with Crippen LogP contribution in [0.4, 0.5) is 17.1 Å². The number of nitrogens with zero attached hydrogens (tertiary/aromatic N) is 1. The fourth-order valence-corrected chi connectivity index (χ4v) is 15.1. The van der Waals surface area contributed by atoms with E-state index in [1.54, 1.807) is 0 Å². The van der Waals surface area contributed by atoms with Gasteiger partial charge >= 0.3 is 0 Å².